The Morgan fingerprint density at radius 3 is 3.06 bits per heavy atom. The van der Waals surface area contributed by atoms with Crippen LogP contribution in [0.5, 0.6) is 5.88 Å². The number of aromatic nitrogens is 2. The van der Waals surface area contributed by atoms with Crippen molar-refractivity contribution in [3.05, 3.63) is 11.9 Å². The highest BCUT2D eigenvalue weighted by molar-refractivity contribution is 5.51. The first-order valence-electron chi connectivity index (χ1n) is 6.63. The molecule has 2 aliphatic heterocycles. The molecule has 1 aromatic rings. The van der Waals surface area contributed by atoms with E-state index in [-0.39, 0.29) is 0 Å². The van der Waals surface area contributed by atoms with Gasteiger partial charge in [-0.1, -0.05) is 0 Å². The fourth-order valence-corrected chi connectivity index (χ4v) is 3.17. The molecule has 2 atom stereocenters. The molecular weight excluding hydrogens is 228 g/mol. The molecular formula is C13H20N4O. The molecule has 3 rings (SSSR count). The molecule has 2 aliphatic rings. The second-order valence-corrected chi connectivity index (χ2v) is 5.20. The Bertz CT molecular complexity index is 423. The van der Waals surface area contributed by atoms with Crippen molar-refractivity contribution in [3.63, 3.8) is 0 Å². The van der Waals surface area contributed by atoms with Crippen LogP contribution in [0.1, 0.15) is 18.4 Å². The van der Waals surface area contributed by atoms with Gasteiger partial charge in [-0.15, -0.1) is 0 Å². The maximum absolute atomic E-state index is 5.27. The monoisotopic (exact) mass is 248 g/mol. The van der Waals surface area contributed by atoms with Crippen LogP contribution in [-0.2, 0) is 0 Å². The minimum absolute atomic E-state index is 0.624. The van der Waals surface area contributed by atoms with Gasteiger partial charge in [0.1, 0.15) is 12.1 Å². The van der Waals surface area contributed by atoms with Crippen LogP contribution in [0, 0.1) is 12.8 Å². The van der Waals surface area contributed by atoms with E-state index in [1.807, 2.05) is 6.92 Å². The number of anilines is 1. The molecule has 3 heterocycles. The highest BCUT2D eigenvalue weighted by Crippen LogP contribution is 2.31. The standard InChI is InChI=1S/C13H20N4O/c1-9-12(15-8-16-13(9)18-2)17-6-10-4-3-5-14-11(10)7-17/h8,10-11,14H,3-7H2,1-2H3/t10-,11+/m0/s1. The van der Waals surface area contributed by atoms with E-state index in [2.05, 4.69) is 20.2 Å². The van der Waals surface area contributed by atoms with Gasteiger partial charge in [-0.25, -0.2) is 9.97 Å². The summed E-state index contributed by atoms with van der Waals surface area (Å²) in [5.74, 6) is 2.47. The van der Waals surface area contributed by atoms with E-state index < -0.39 is 0 Å². The van der Waals surface area contributed by atoms with Gasteiger partial charge in [0.2, 0.25) is 5.88 Å². The Kier molecular flexibility index (Phi) is 3.07. The Morgan fingerprint density at radius 2 is 2.28 bits per heavy atom. The number of piperidine rings is 1. The van der Waals surface area contributed by atoms with Gasteiger partial charge >= 0.3 is 0 Å². The second-order valence-electron chi connectivity index (χ2n) is 5.20. The Hall–Kier alpha value is -1.36. The van der Waals surface area contributed by atoms with Gasteiger partial charge in [0, 0.05) is 19.1 Å². The summed E-state index contributed by atoms with van der Waals surface area (Å²) in [5.41, 5.74) is 1.04. The van der Waals surface area contributed by atoms with Gasteiger partial charge in [0.25, 0.3) is 0 Å². The lowest BCUT2D eigenvalue weighted by molar-refractivity contribution is 0.340. The van der Waals surface area contributed by atoms with Crippen LogP contribution < -0.4 is 15.0 Å². The fraction of sp³-hybridized carbons (Fsp3) is 0.692. The first-order valence-corrected chi connectivity index (χ1v) is 6.63. The lowest BCUT2D eigenvalue weighted by Crippen LogP contribution is -2.40. The van der Waals surface area contributed by atoms with E-state index in [1.165, 1.54) is 12.8 Å². The predicted molar refractivity (Wildman–Crippen MR) is 70.0 cm³/mol. The SMILES string of the molecule is COc1ncnc(N2C[C@@H]3CCCN[C@@H]3C2)c1C. The summed E-state index contributed by atoms with van der Waals surface area (Å²) in [6.07, 6.45) is 4.22. The van der Waals surface area contributed by atoms with E-state index in [9.17, 15) is 0 Å². The molecule has 18 heavy (non-hydrogen) atoms. The van der Waals surface area contributed by atoms with E-state index in [1.54, 1.807) is 13.4 Å². The second kappa shape index (κ2) is 4.72. The van der Waals surface area contributed by atoms with Crippen molar-refractivity contribution in [1.82, 2.24) is 15.3 Å². The van der Waals surface area contributed by atoms with Crippen LogP contribution in [0.2, 0.25) is 0 Å². The number of nitrogens with one attached hydrogen (secondary N) is 1. The van der Waals surface area contributed by atoms with E-state index in [0.717, 1.165) is 36.9 Å². The molecule has 98 valence electrons. The molecule has 0 saturated carbocycles. The molecule has 1 N–H and O–H groups in total. The zero-order chi connectivity index (χ0) is 12.5. The number of rotatable bonds is 2. The number of ether oxygens (including phenoxy) is 1. The van der Waals surface area contributed by atoms with Crippen molar-refractivity contribution < 1.29 is 4.74 Å². The zero-order valence-corrected chi connectivity index (χ0v) is 11.0. The largest absolute Gasteiger partial charge is 0.481 e. The minimum Gasteiger partial charge on any atom is -0.481 e. The number of nitrogens with zero attached hydrogens (tertiary/aromatic N) is 3. The number of hydrogen-bond donors (Lipinski definition) is 1. The van der Waals surface area contributed by atoms with Crippen LogP contribution in [0.4, 0.5) is 5.82 Å². The quantitative estimate of drug-likeness (QED) is 0.845. The van der Waals surface area contributed by atoms with Crippen molar-refractivity contribution in [2.75, 3.05) is 31.6 Å². The zero-order valence-electron chi connectivity index (χ0n) is 11.0. The third-order valence-electron chi connectivity index (χ3n) is 4.10. The summed E-state index contributed by atoms with van der Waals surface area (Å²) in [7, 11) is 1.66. The maximum atomic E-state index is 5.27. The van der Waals surface area contributed by atoms with Crippen LogP contribution in [0.15, 0.2) is 6.33 Å². The molecule has 0 unspecified atom stereocenters. The van der Waals surface area contributed by atoms with Crippen molar-refractivity contribution in [3.8, 4) is 5.88 Å². The third kappa shape index (κ3) is 1.92. The average molecular weight is 248 g/mol. The molecule has 1 aromatic heterocycles. The van der Waals surface area contributed by atoms with E-state index in [4.69, 9.17) is 4.74 Å². The molecule has 0 amide bonds. The van der Waals surface area contributed by atoms with Gasteiger partial charge in [0.05, 0.1) is 12.7 Å². The van der Waals surface area contributed by atoms with Crippen LogP contribution >= 0.6 is 0 Å². The molecule has 5 heteroatoms. The lowest BCUT2D eigenvalue weighted by atomic mass is 9.94. The van der Waals surface area contributed by atoms with E-state index in [0.29, 0.717) is 11.9 Å². The Morgan fingerprint density at radius 1 is 1.39 bits per heavy atom. The molecule has 0 radical (unpaired) electrons. The van der Waals surface area contributed by atoms with Crippen molar-refractivity contribution in [2.24, 2.45) is 5.92 Å². The van der Waals surface area contributed by atoms with Crippen molar-refractivity contribution in [2.45, 2.75) is 25.8 Å². The van der Waals surface area contributed by atoms with Crippen LogP contribution in [-0.4, -0.2) is 42.8 Å². The number of fused-ring (bicyclic) bond motifs is 1. The molecule has 0 bridgehead atoms. The smallest absolute Gasteiger partial charge is 0.221 e. The summed E-state index contributed by atoms with van der Waals surface area (Å²) in [4.78, 5) is 10.9. The molecule has 5 nitrogen and oxygen atoms in total. The highest BCUT2D eigenvalue weighted by atomic mass is 16.5. The molecule has 0 spiro atoms. The summed E-state index contributed by atoms with van der Waals surface area (Å²) in [5, 5.41) is 3.61. The van der Waals surface area contributed by atoms with Crippen molar-refractivity contribution in [1.29, 1.82) is 0 Å². The minimum atomic E-state index is 0.624. The van der Waals surface area contributed by atoms with Crippen molar-refractivity contribution >= 4 is 5.82 Å². The van der Waals surface area contributed by atoms with Gasteiger partial charge in [-0.3, -0.25) is 0 Å². The Balaban J connectivity index is 1.83. The first-order chi connectivity index (χ1) is 8.79. The lowest BCUT2D eigenvalue weighted by Gasteiger charge is -2.24. The summed E-state index contributed by atoms with van der Waals surface area (Å²) in [6, 6.07) is 0.624. The molecule has 0 aliphatic carbocycles. The topological polar surface area (TPSA) is 50.3 Å². The normalized spacial score (nSPS) is 27.1. The molecule has 2 fully saturated rings. The third-order valence-corrected chi connectivity index (χ3v) is 4.10. The Labute approximate surface area is 108 Å². The number of methoxy groups -OCH3 is 1. The summed E-state index contributed by atoms with van der Waals surface area (Å²) in [6.45, 7) is 5.33. The fourth-order valence-electron chi connectivity index (χ4n) is 3.17. The first kappa shape index (κ1) is 11.7. The van der Waals surface area contributed by atoms with Gasteiger partial charge in [-0.05, 0) is 32.2 Å². The molecule has 2 saturated heterocycles. The summed E-state index contributed by atoms with van der Waals surface area (Å²) >= 11 is 0. The molecule has 0 aromatic carbocycles. The van der Waals surface area contributed by atoms with Crippen LogP contribution in [0.3, 0.4) is 0 Å². The van der Waals surface area contributed by atoms with Gasteiger partial charge in [0.15, 0.2) is 0 Å². The highest BCUT2D eigenvalue weighted by Gasteiger charge is 2.35. The van der Waals surface area contributed by atoms with Gasteiger partial charge in [-0.2, -0.15) is 0 Å². The van der Waals surface area contributed by atoms with E-state index >= 15 is 0 Å². The summed E-state index contributed by atoms with van der Waals surface area (Å²) < 4.78 is 5.27. The maximum Gasteiger partial charge on any atom is 0.221 e. The average Bonchev–Trinajstić information content (AvgIpc) is 2.82. The number of hydrogen-bond acceptors (Lipinski definition) is 5. The van der Waals surface area contributed by atoms with Gasteiger partial charge < -0.3 is 15.0 Å². The predicted octanol–water partition coefficient (Wildman–Crippen LogP) is 0.982. The van der Waals surface area contributed by atoms with Crippen LogP contribution in [0.25, 0.3) is 0 Å².